The largest absolute Gasteiger partial charge is 0.496 e. The van der Waals surface area contributed by atoms with E-state index < -0.39 is 11.7 Å². The van der Waals surface area contributed by atoms with Crippen molar-refractivity contribution in [1.29, 1.82) is 0 Å². The van der Waals surface area contributed by atoms with Crippen molar-refractivity contribution in [3.8, 4) is 17.0 Å². The van der Waals surface area contributed by atoms with E-state index in [0.717, 1.165) is 39.9 Å². The Morgan fingerprint density at radius 1 is 1.00 bits per heavy atom. The third-order valence-corrected chi connectivity index (χ3v) is 3.82. The van der Waals surface area contributed by atoms with Crippen LogP contribution in [0.5, 0.6) is 5.75 Å². The highest BCUT2D eigenvalue weighted by Gasteiger charge is 2.30. The van der Waals surface area contributed by atoms with Crippen LogP contribution in [0.4, 0.5) is 13.2 Å². The lowest BCUT2D eigenvalue weighted by atomic mass is 10.0. The van der Waals surface area contributed by atoms with Gasteiger partial charge in [-0.05, 0) is 35.7 Å². The van der Waals surface area contributed by atoms with Gasteiger partial charge in [0, 0.05) is 11.6 Å². The van der Waals surface area contributed by atoms with Gasteiger partial charge in [-0.15, -0.1) is 0 Å². The summed E-state index contributed by atoms with van der Waals surface area (Å²) < 4.78 is 45.2. The number of benzene rings is 2. The molecule has 5 heteroatoms. The van der Waals surface area contributed by atoms with Crippen LogP contribution in [-0.2, 0) is 13.2 Å². The molecule has 0 N–H and O–H groups in total. The fourth-order valence-electron chi connectivity index (χ4n) is 2.63. The van der Waals surface area contributed by atoms with Crippen LogP contribution in [-0.4, -0.2) is 7.11 Å². The molecule has 0 radical (unpaired) electrons. The monoisotopic (exact) mass is 318 g/mol. The Balaban J connectivity index is 2.11. The van der Waals surface area contributed by atoms with Crippen LogP contribution in [0, 0.1) is 0 Å². The summed E-state index contributed by atoms with van der Waals surface area (Å²) in [7, 11) is 3.47. The molecule has 1 aromatic heterocycles. The molecule has 0 spiro atoms. The number of halogens is 3. The number of aromatic nitrogens is 1. The average molecular weight is 318 g/mol. The summed E-state index contributed by atoms with van der Waals surface area (Å²) in [5.74, 6) is 0.761. The smallest absolute Gasteiger partial charge is 0.416 e. The number of methoxy groups -OCH3 is 1. The maximum atomic E-state index is 12.7. The van der Waals surface area contributed by atoms with Crippen molar-refractivity contribution < 1.29 is 22.5 Å². The van der Waals surface area contributed by atoms with Gasteiger partial charge in [-0.25, -0.2) is 4.57 Å². The zero-order valence-corrected chi connectivity index (χ0v) is 12.7. The SMILES string of the molecule is COc1cccc2cc(-c3ccc(C(F)(F)F)cc3)[n+](C)cc12. The van der Waals surface area contributed by atoms with Crippen LogP contribution in [0.15, 0.2) is 54.7 Å². The summed E-state index contributed by atoms with van der Waals surface area (Å²) in [5.41, 5.74) is 0.913. The lowest BCUT2D eigenvalue weighted by molar-refractivity contribution is -0.659. The number of fused-ring (bicyclic) bond motifs is 1. The third kappa shape index (κ3) is 2.86. The Morgan fingerprint density at radius 2 is 1.70 bits per heavy atom. The minimum Gasteiger partial charge on any atom is -0.496 e. The van der Waals surface area contributed by atoms with Gasteiger partial charge in [-0.2, -0.15) is 13.2 Å². The van der Waals surface area contributed by atoms with Gasteiger partial charge in [-0.1, -0.05) is 12.1 Å². The molecule has 0 unspecified atom stereocenters. The number of ether oxygens (including phenoxy) is 1. The Hall–Kier alpha value is -2.56. The molecule has 0 aliphatic carbocycles. The first-order chi connectivity index (χ1) is 10.9. The first-order valence-electron chi connectivity index (χ1n) is 7.04. The lowest BCUT2D eigenvalue weighted by Crippen LogP contribution is -2.30. The predicted octanol–water partition coefficient (Wildman–Crippen LogP) is 4.36. The molecule has 0 fully saturated rings. The highest BCUT2D eigenvalue weighted by Crippen LogP contribution is 2.31. The maximum Gasteiger partial charge on any atom is 0.416 e. The van der Waals surface area contributed by atoms with Gasteiger partial charge in [0.2, 0.25) is 5.69 Å². The highest BCUT2D eigenvalue weighted by atomic mass is 19.4. The standard InChI is InChI=1S/C18H15F3NO/c1-22-11-15-13(4-3-5-17(15)23-2)10-16(22)12-6-8-14(9-7-12)18(19,20)21/h3-11H,1-2H3/q+1. The van der Waals surface area contributed by atoms with Crippen molar-refractivity contribution in [2.75, 3.05) is 7.11 Å². The van der Waals surface area contributed by atoms with E-state index in [2.05, 4.69) is 0 Å². The van der Waals surface area contributed by atoms with E-state index in [1.54, 1.807) is 7.11 Å². The van der Waals surface area contributed by atoms with Crippen molar-refractivity contribution in [2.24, 2.45) is 7.05 Å². The molecule has 0 amide bonds. The molecular weight excluding hydrogens is 303 g/mol. The van der Waals surface area contributed by atoms with E-state index in [1.807, 2.05) is 42.1 Å². The maximum absolute atomic E-state index is 12.7. The van der Waals surface area contributed by atoms with E-state index in [4.69, 9.17) is 4.74 Å². The van der Waals surface area contributed by atoms with E-state index in [1.165, 1.54) is 12.1 Å². The molecular formula is C18H15F3NO+. The van der Waals surface area contributed by atoms with E-state index in [-0.39, 0.29) is 0 Å². The molecule has 3 rings (SSSR count). The van der Waals surface area contributed by atoms with Gasteiger partial charge in [0.15, 0.2) is 6.20 Å². The van der Waals surface area contributed by atoms with Crippen LogP contribution < -0.4 is 9.30 Å². The molecule has 0 saturated heterocycles. The zero-order valence-electron chi connectivity index (χ0n) is 12.7. The number of aryl methyl sites for hydroxylation is 1. The molecule has 23 heavy (non-hydrogen) atoms. The number of hydrogen-bond acceptors (Lipinski definition) is 1. The summed E-state index contributed by atoms with van der Waals surface area (Å²) >= 11 is 0. The van der Waals surface area contributed by atoms with Crippen LogP contribution in [0.25, 0.3) is 22.0 Å². The Kier molecular flexibility index (Phi) is 3.72. The molecule has 1 heterocycles. The minimum atomic E-state index is -4.32. The second-order valence-corrected chi connectivity index (χ2v) is 5.31. The Bertz CT molecular complexity index is 855. The van der Waals surface area contributed by atoms with Gasteiger partial charge in [0.05, 0.1) is 18.1 Å². The minimum absolute atomic E-state index is 0.647. The fourth-order valence-corrected chi connectivity index (χ4v) is 2.63. The molecule has 2 nitrogen and oxygen atoms in total. The molecule has 0 aliphatic rings. The first-order valence-corrected chi connectivity index (χ1v) is 7.04. The topological polar surface area (TPSA) is 13.1 Å². The number of rotatable bonds is 2. The van der Waals surface area contributed by atoms with Crippen LogP contribution >= 0.6 is 0 Å². The molecule has 3 aromatic rings. The second-order valence-electron chi connectivity index (χ2n) is 5.31. The fraction of sp³-hybridized carbons (Fsp3) is 0.167. The van der Waals surface area contributed by atoms with Gasteiger partial charge >= 0.3 is 6.18 Å². The van der Waals surface area contributed by atoms with Crippen molar-refractivity contribution in [1.82, 2.24) is 0 Å². The van der Waals surface area contributed by atoms with Gasteiger partial charge in [0.25, 0.3) is 0 Å². The molecule has 0 atom stereocenters. The quantitative estimate of drug-likeness (QED) is 0.640. The second kappa shape index (κ2) is 5.57. The Morgan fingerprint density at radius 3 is 2.30 bits per heavy atom. The Labute approximate surface area is 131 Å². The summed E-state index contributed by atoms with van der Waals surface area (Å²) in [5, 5.41) is 1.92. The molecule has 0 saturated carbocycles. The molecule has 118 valence electrons. The van der Waals surface area contributed by atoms with Crippen molar-refractivity contribution >= 4 is 10.8 Å². The van der Waals surface area contributed by atoms with E-state index in [9.17, 15) is 13.2 Å². The van der Waals surface area contributed by atoms with Gasteiger partial charge in [-0.3, -0.25) is 0 Å². The van der Waals surface area contributed by atoms with Crippen LogP contribution in [0.1, 0.15) is 5.56 Å². The summed E-state index contributed by atoms with van der Waals surface area (Å²) in [6.07, 6.45) is -2.40. The molecule has 2 aromatic carbocycles. The number of alkyl halides is 3. The number of pyridine rings is 1. The average Bonchev–Trinajstić information content (AvgIpc) is 2.53. The van der Waals surface area contributed by atoms with E-state index in [0.29, 0.717) is 0 Å². The van der Waals surface area contributed by atoms with Gasteiger partial charge in [0.1, 0.15) is 12.8 Å². The predicted molar refractivity (Wildman–Crippen MR) is 82.1 cm³/mol. The third-order valence-electron chi connectivity index (χ3n) is 3.82. The van der Waals surface area contributed by atoms with Gasteiger partial charge < -0.3 is 4.74 Å². The van der Waals surface area contributed by atoms with Crippen LogP contribution in [0.3, 0.4) is 0 Å². The lowest BCUT2D eigenvalue weighted by Gasteiger charge is -2.08. The van der Waals surface area contributed by atoms with Crippen molar-refractivity contribution in [2.45, 2.75) is 6.18 Å². The number of hydrogen-bond donors (Lipinski definition) is 0. The van der Waals surface area contributed by atoms with Crippen molar-refractivity contribution in [3.05, 3.63) is 60.3 Å². The first kappa shape index (κ1) is 15.3. The van der Waals surface area contributed by atoms with E-state index >= 15 is 0 Å². The number of nitrogens with zero attached hydrogens (tertiary/aromatic N) is 1. The van der Waals surface area contributed by atoms with Crippen LogP contribution in [0.2, 0.25) is 0 Å². The summed E-state index contributed by atoms with van der Waals surface area (Å²) in [4.78, 5) is 0. The highest BCUT2D eigenvalue weighted by molar-refractivity contribution is 5.89. The summed E-state index contributed by atoms with van der Waals surface area (Å²) in [6, 6.07) is 12.8. The van der Waals surface area contributed by atoms with Crippen molar-refractivity contribution in [3.63, 3.8) is 0 Å². The summed E-state index contributed by atoms with van der Waals surface area (Å²) in [6.45, 7) is 0. The molecule has 0 aliphatic heterocycles. The molecule has 0 bridgehead atoms. The normalized spacial score (nSPS) is 11.7. The zero-order chi connectivity index (χ0) is 16.6.